The van der Waals surface area contributed by atoms with E-state index in [1.54, 1.807) is 0 Å². The maximum atomic E-state index is 12.5. The Balaban J connectivity index is 1.69. The minimum absolute atomic E-state index is 0.125. The van der Waals surface area contributed by atoms with E-state index in [1.165, 1.54) is 6.92 Å². The van der Waals surface area contributed by atoms with Crippen LogP contribution >= 0.6 is 0 Å². The Labute approximate surface area is 157 Å². The number of hydrogen-bond acceptors (Lipinski definition) is 3. The lowest BCUT2D eigenvalue weighted by Gasteiger charge is -2.17. The average molecular weight is 365 g/mol. The zero-order chi connectivity index (χ0) is 19.2. The Morgan fingerprint density at radius 3 is 2.56 bits per heavy atom. The standard InChI is InChI=1S/C21H23N3O3/c1-15(26)22-19-8-5-9-20-18(19)10-11-24(20)13-21(27)23-17(14-25)12-16-6-3-2-4-7-16/h2-11,17,25H,12-14H2,1H3,(H,22,26)(H,23,27)/t17-/m0/s1. The molecule has 0 aliphatic carbocycles. The summed E-state index contributed by atoms with van der Waals surface area (Å²) in [6.45, 7) is 1.48. The fraction of sp³-hybridized carbons (Fsp3) is 0.238. The number of aromatic nitrogens is 1. The van der Waals surface area contributed by atoms with Gasteiger partial charge in [-0.3, -0.25) is 9.59 Å². The second-order valence-corrected chi connectivity index (χ2v) is 6.50. The summed E-state index contributed by atoms with van der Waals surface area (Å²) in [4.78, 5) is 23.8. The van der Waals surface area contributed by atoms with Crippen molar-refractivity contribution in [3.05, 3.63) is 66.4 Å². The number of fused-ring (bicyclic) bond motifs is 1. The van der Waals surface area contributed by atoms with E-state index in [4.69, 9.17) is 0 Å². The lowest BCUT2D eigenvalue weighted by Crippen LogP contribution is -2.40. The number of nitrogens with zero attached hydrogens (tertiary/aromatic N) is 1. The van der Waals surface area contributed by atoms with Gasteiger partial charge < -0.3 is 20.3 Å². The first-order valence-electron chi connectivity index (χ1n) is 8.86. The number of nitrogens with one attached hydrogen (secondary N) is 2. The molecule has 2 amide bonds. The van der Waals surface area contributed by atoms with Crippen LogP contribution in [0.1, 0.15) is 12.5 Å². The van der Waals surface area contributed by atoms with Crippen molar-refractivity contribution in [2.45, 2.75) is 25.9 Å². The molecule has 0 aliphatic heterocycles. The number of carbonyl (C=O) groups is 2. The molecule has 1 atom stereocenters. The normalized spacial score (nSPS) is 11.9. The highest BCUT2D eigenvalue weighted by atomic mass is 16.3. The Morgan fingerprint density at radius 2 is 1.85 bits per heavy atom. The van der Waals surface area contributed by atoms with Gasteiger partial charge in [-0.15, -0.1) is 0 Å². The van der Waals surface area contributed by atoms with Gasteiger partial charge in [0, 0.05) is 18.5 Å². The molecule has 0 spiro atoms. The van der Waals surface area contributed by atoms with Gasteiger partial charge in [-0.05, 0) is 30.2 Å². The maximum absolute atomic E-state index is 12.5. The van der Waals surface area contributed by atoms with Crippen molar-refractivity contribution in [1.29, 1.82) is 0 Å². The van der Waals surface area contributed by atoms with Crippen LogP contribution in [0.15, 0.2) is 60.8 Å². The van der Waals surface area contributed by atoms with Crippen molar-refractivity contribution < 1.29 is 14.7 Å². The smallest absolute Gasteiger partial charge is 0.240 e. The van der Waals surface area contributed by atoms with E-state index in [2.05, 4.69) is 10.6 Å². The van der Waals surface area contributed by atoms with Crippen LogP contribution < -0.4 is 10.6 Å². The van der Waals surface area contributed by atoms with Crippen molar-refractivity contribution >= 4 is 28.4 Å². The summed E-state index contributed by atoms with van der Waals surface area (Å²) in [7, 11) is 0. The van der Waals surface area contributed by atoms with E-state index in [0.29, 0.717) is 6.42 Å². The van der Waals surface area contributed by atoms with Gasteiger partial charge in [0.05, 0.1) is 23.9 Å². The number of aliphatic hydroxyl groups is 1. The molecule has 6 nitrogen and oxygen atoms in total. The number of rotatable bonds is 7. The van der Waals surface area contributed by atoms with Gasteiger partial charge in [0.25, 0.3) is 0 Å². The van der Waals surface area contributed by atoms with Crippen molar-refractivity contribution in [1.82, 2.24) is 9.88 Å². The largest absolute Gasteiger partial charge is 0.394 e. The fourth-order valence-electron chi connectivity index (χ4n) is 3.15. The van der Waals surface area contributed by atoms with Crippen LogP contribution in [0.4, 0.5) is 5.69 Å². The summed E-state index contributed by atoms with van der Waals surface area (Å²) in [6.07, 6.45) is 2.39. The average Bonchev–Trinajstić information content (AvgIpc) is 3.05. The van der Waals surface area contributed by atoms with Crippen molar-refractivity contribution in [3.63, 3.8) is 0 Å². The number of hydrogen-bond donors (Lipinski definition) is 3. The first-order valence-corrected chi connectivity index (χ1v) is 8.86. The van der Waals surface area contributed by atoms with Gasteiger partial charge in [0.15, 0.2) is 0 Å². The van der Waals surface area contributed by atoms with Crippen molar-refractivity contribution in [2.75, 3.05) is 11.9 Å². The topological polar surface area (TPSA) is 83.4 Å². The molecule has 1 heterocycles. The third-order valence-corrected chi connectivity index (χ3v) is 4.35. The highest BCUT2D eigenvalue weighted by Crippen LogP contribution is 2.24. The van der Waals surface area contributed by atoms with Crippen LogP contribution in [-0.2, 0) is 22.6 Å². The third kappa shape index (κ3) is 4.74. The van der Waals surface area contributed by atoms with Crippen LogP contribution in [0, 0.1) is 0 Å². The van der Waals surface area contributed by atoms with Gasteiger partial charge in [-0.1, -0.05) is 36.4 Å². The Bertz CT molecular complexity index is 934. The Hall–Kier alpha value is -3.12. The summed E-state index contributed by atoms with van der Waals surface area (Å²) in [5.41, 5.74) is 2.64. The SMILES string of the molecule is CC(=O)Nc1cccc2c1ccn2CC(=O)N[C@H](CO)Cc1ccccc1. The van der Waals surface area contributed by atoms with Crippen LogP contribution in [0.25, 0.3) is 10.9 Å². The van der Waals surface area contributed by atoms with Crippen LogP contribution in [0.3, 0.4) is 0 Å². The summed E-state index contributed by atoms with van der Waals surface area (Å²) in [5, 5.41) is 16.2. The number of anilines is 1. The predicted octanol–water partition coefficient (Wildman–Crippen LogP) is 2.32. The summed E-state index contributed by atoms with van der Waals surface area (Å²) in [5.74, 6) is -0.313. The maximum Gasteiger partial charge on any atom is 0.240 e. The zero-order valence-electron chi connectivity index (χ0n) is 15.2. The van der Waals surface area contributed by atoms with Crippen molar-refractivity contribution in [2.24, 2.45) is 0 Å². The molecule has 6 heteroatoms. The van der Waals surface area contributed by atoms with E-state index in [1.807, 2.05) is 65.4 Å². The van der Waals surface area contributed by atoms with E-state index >= 15 is 0 Å². The molecule has 0 saturated carbocycles. The molecule has 3 aromatic rings. The Kier molecular flexibility index (Phi) is 5.88. The van der Waals surface area contributed by atoms with Crippen LogP contribution in [0.2, 0.25) is 0 Å². The molecule has 140 valence electrons. The van der Waals surface area contributed by atoms with Crippen LogP contribution in [-0.4, -0.2) is 34.1 Å². The van der Waals surface area contributed by atoms with E-state index < -0.39 is 0 Å². The van der Waals surface area contributed by atoms with Crippen molar-refractivity contribution in [3.8, 4) is 0 Å². The number of amides is 2. The van der Waals surface area contributed by atoms with Gasteiger partial charge in [0.1, 0.15) is 6.54 Å². The second-order valence-electron chi connectivity index (χ2n) is 6.50. The monoisotopic (exact) mass is 365 g/mol. The summed E-state index contributed by atoms with van der Waals surface area (Å²) >= 11 is 0. The number of carbonyl (C=O) groups excluding carboxylic acids is 2. The highest BCUT2D eigenvalue weighted by Gasteiger charge is 2.14. The molecule has 0 saturated heterocycles. The molecule has 0 aliphatic rings. The van der Waals surface area contributed by atoms with Gasteiger partial charge >= 0.3 is 0 Å². The molecule has 0 radical (unpaired) electrons. The Morgan fingerprint density at radius 1 is 1.07 bits per heavy atom. The van der Waals surface area contributed by atoms with E-state index in [-0.39, 0.29) is 31.0 Å². The lowest BCUT2D eigenvalue weighted by molar-refractivity contribution is -0.122. The predicted molar refractivity (Wildman–Crippen MR) is 105 cm³/mol. The molecule has 0 fully saturated rings. The molecule has 0 bridgehead atoms. The molecule has 27 heavy (non-hydrogen) atoms. The number of benzene rings is 2. The van der Waals surface area contributed by atoms with Gasteiger partial charge in [0.2, 0.25) is 11.8 Å². The minimum Gasteiger partial charge on any atom is -0.394 e. The van der Waals surface area contributed by atoms with E-state index in [9.17, 15) is 14.7 Å². The summed E-state index contributed by atoms with van der Waals surface area (Å²) < 4.78 is 1.83. The molecular formula is C21H23N3O3. The first-order chi connectivity index (χ1) is 13.1. The molecule has 3 rings (SSSR count). The molecule has 2 aromatic carbocycles. The van der Waals surface area contributed by atoms with E-state index in [0.717, 1.165) is 22.2 Å². The van der Waals surface area contributed by atoms with Gasteiger partial charge in [-0.25, -0.2) is 0 Å². The zero-order valence-corrected chi connectivity index (χ0v) is 15.2. The first kappa shape index (κ1) is 18.7. The summed E-state index contributed by atoms with van der Waals surface area (Å²) in [6, 6.07) is 16.9. The highest BCUT2D eigenvalue weighted by molar-refractivity contribution is 6.01. The molecule has 0 unspecified atom stereocenters. The van der Waals surface area contributed by atoms with Gasteiger partial charge in [-0.2, -0.15) is 0 Å². The molecular weight excluding hydrogens is 342 g/mol. The second kappa shape index (κ2) is 8.51. The number of aliphatic hydroxyl groups excluding tert-OH is 1. The minimum atomic E-state index is -0.336. The lowest BCUT2D eigenvalue weighted by atomic mass is 10.1. The fourth-order valence-corrected chi connectivity index (χ4v) is 3.15. The third-order valence-electron chi connectivity index (χ3n) is 4.35. The molecule has 1 aromatic heterocycles. The van der Waals surface area contributed by atoms with Crippen LogP contribution in [0.5, 0.6) is 0 Å². The quantitative estimate of drug-likeness (QED) is 0.601. The molecule has 3 N–H and O–H groups in total.